The lowest BCUT2D eigenvalue weighted by Gasteiger charge is -2.12. The summed E-state index contributed by atoms with van der Waals surface area (Å²) in [5, 5.41) is 4.34. The maximum absolute atomic E-state index is 13.1. The zero-order valence-electron chi connectivity index (χ0n) is 20.8. The second-order valence-corrected chi connectivity index (χ2v) is 9.77. The van der Waals surface area contributed by atoms with Crippen molar-refractivity contribution in [2.75, 3.05) is 20.3 Å². The number of rotatable bonds is 10. The lowest BCUT2D eigenvalue weighted by atomic mass is 10.1. The van der Waals surface area contributed by atoms with Crippen LogP contribution in [-0.2, 0) is 6.42 Å². The van der Waals surface area contributed by atoms with Gasteiger partial charge in [0.1, 0.15) is 11.4 Å². The van der Waals surface area contributed by atoms with Gasteiger partial charge in [0.15, 0.2) is 11.5 Å². The Morgan fingerprint density at radius 3 is 2.53 bits per heavy atom. The fraction of sp³-hybridized carbons (Fsp3) is 0.333. The number of benzene rings is 2. The van der Waals surface area contributed by atoms with Crippen LogP contribution in [0.5, 0.6) is 17.2 Å². The Hall–Kier alpha value is -3.72. The third-order valence-corrected chi connectivity index (χ3v) is 6.23. The van der Waals surface area contributed by atoms with Gasteiger partial charge in [0, 0.05) is 6.42 Å². The molecular formula is C27H29N3O5S. The van der Waals surface area contributed by atoms with Gasteiger partial charge in [-0.2, -0.15) is 14.6 Å². The fourth-order valence-corrected chi connectivity index (χ4v) is 4.37. The van der Waals surface area contributed by atoms with Crippen molar-refractivity contribution >= 4 is 22.4 Å². The first-order valence-electron chi connectivity index (χ1n) is 11.8. The van der Waals surface area contributed by atoms with Crippen molar-refractivity contribution in [3.8, 4) is 17.2 Å². The lowest BCUT2D eigenvalue weighted by molar-refractivity contribution is 0.257. The van der Waals surface area contributed by atoms with Crippen LogP contribution in [0.3, 0.4) is 0 Å². The Labute approximate surface area is 212 Å². The Bertz CT molecular complexity index is 1510. The molecule has 8 nitrogen and oxygen atoms in total. The Morgan fingerprint density at radius 1 is 1.06 bits per heavy atom. The Balaban J connectivity index is 1.62. The molecule has 2 aromatic carbocycles. The standard InChI is InChI=1S/C27H29N3O5S/c1-5-12-34-20-9-6-18(7-10-20)13-21-25(31)28-27-30(29-21)26(32)24(36-27)15-19-8-11-22(23(14-19)33-4)35-16-17(2)3/h6-11,14-15,17H,5,12-13,16H2,1-4H3/b24-15+. The summed E-state index contributed by atoms with van der Waals surface area (Å²) in [6, 6.07) is 13.0. The van der Waals surface area contributed by atoms with E-state index in [2.05, 4.69) is 23.9 Å². The summed E-state index contributed by atoms with van der Waals surface area (Å²) in [6.07, 6.45) is 2.93. The second-order valence-electron chi connectivity index (χ2n) is 8.76. The number of nitrogens with zero attached hydrogens (tertiary/aromatic N) is 3. The molecule has 2 aromatic heterocycles. The molecule has 0 saturated heterocycles. The molecule has 0 aliphatic carbocycles. The van der Waals surface area contributed by atoms with Crippen LogP contribution in [0.25, 0.3) is 11.0 Å². The molecule has 0 amide bonds. The lowest BCUT2D eigenvalue weighted by Crippen LogP contribution is -2.28. The first-order chi connectivity index (χ1) is 17.4. The molecular weight excluding hydrogens is 478 g/mol. The molecule has 0 aliphatic heterocycles. The van der Waals surface area contributed by atoms with E-state index in [4.69, 9.17) is 14.2 Å². The molecule has 0 bridgehead atoms. The van der Waals surface area contributed by atoms with E-state index in [0.717, 1.165) is 34.6 Å². The molecule has 0 saturated carbocycles. The van der Waals surface area contributed by atoms with Crippen LogP contribution in [0, 0.1) is 5.92 Å². The molecule has 4 rings (SSSR count). The van der Waals surface area contributed by atoms with Gasteiger partial charge in [-0.15, -0.1) is 0 Å². The molecule has 36 heavy (non-hydrogen) atoms. The predicted octanol–water partition coefficient (Wildman–Crippen LogP) is 3.48. The third kappa shape index (κ3) is 5.91. The SMILES string of the molecule is CCCOc1ccc(Cc2nn3c(=O)/c(=C\c4ccc(OCC(C)C)c(OC)c4)sc3nc2=O)cc1. The van der Waals surface area contributed by atoms with Crippen molar-refractivity contribution in [3.63, 3.8) is 0 Å². The van der Waals surface area contributed by atoms with Gasteiger partial charge in [-0.1, -0.05) is 50.3 Å². The fourth-order valence-electron chi connectivity index (χ4n) is 3.47. The number of ether oxygens (including phenoxy) is 3. The molecule has 0 unspecified atom stereocenters. The monoisotopic (exact) mass is 507 g/mol. The van der Waals surface area contributed by atoms with Crippen molar-refractivity contribution < 1.29 is 14.2 Å². The molecule has 0 atom stereocenters. The molecule has 2 heterocycles. The summed E-state index contributed by atoms with van der Waals surface area (Å²) in [4.78, 5) is 30.0. The van der Waals surface area contributed by atoms with E-state index >= 15 is 0 Å². The third-order valence-electron chi connectivity index (χ3n) is 5.28. The summed E-state index contributed by atoms with van der Waals surface area (Å²) in [5.74, 6) is 2.38. The molecule has 0 aliphatic rings. The average Bonchev–Trinajstić information content (AvgIpc) is 3.16. The van der Waals surface area contributed by atoms with Gasteiger partial charge in [-0.3, -0.25) is 9.59 Å². The topological polar surface area (TPSA) is 92.0 Å². The van der Waals surface area contributed by atoms with E-state index in [1.807, 2.05) is 49.4 Å². The average molecular weight is 508 g/mol. The highest BCUT2D eigenvalue weighted by Crippen LogP contribution is 2.28. The van der Waals surface area contributed by atoms with Crippen LogP contribution < -0.4 is 29.9 Å². The van der Waals surface area contributed by atoms with Crippen molar-refractivity contribution in [2.45, 2.75) is 33.6 Å². The molecule has 9 heteroatoms. The van der Waals surface area contributed by atoms with Crippen LogP contribution in [0.15, 0.2) is 52.1 Å². The van der Waals surface area contributed by atoms with Crippen molar-refractivity contribution in [2.24, 2.45) is 5.92 Å². The molecule has 0 fully saturated rings. The van der Waals surface area contributed by atoms with Gasteiger partial charge in [-0.25, -0.2) is 0 Å². The minimum atomic E-state index is -0.442. The summed E-state index contributed by atoms with van der Waals surface area (Å²) >= 11 is 1.12. The van der Waals surface area contributed by atoms with E-state index in [1.54, 1.807) is 13.2 Å². The predicted molar refractivity (Wildman–Crippen MR) is 141 cm³/mol. The molecule has 188 valence electrons. The Kier molecular flexibility index (Phi) is 8.00. The quantitative estimate of drug-likeness (QED) is 0.325. The number of aromatic nitrogens is 3. The maximum Gasteiger partial charge on any atom is 0.296 e. The zero-order valence-corrected chi connectivity index (χ0v) is 21.6. The summed E-state index contributed by atoms with van der Waals surface area (Å²) < 4.78 is 18.5. The first-order valence-corrected chi connectivity index (χ1v) is 12.7. The summed E-state index contributed by atoms with van der Waals surface area (Å²) in [5.41, 5.74) is 1.09. The van der Waals surface area contributed by atoms with E-state index in [-0.39, 0.29) is 22.6 Å². The highest BCUT2D eigenvalue weighted by molar-refractivity contribution is 7.15. The first kappa shape index (κ1) is 25.4. The van der Waals surface area contributed by atoms with Crippen LogP contribution in [-0.4, -0.2) is 34.9 Å². The summed E-state index contributed by atoms with van der Waals surface area (Å²) in [6.45, 7) is 7.42. The van der Waals surface area contributed by atoms with Gasteiger partial charge in [0.05, 0.1) is 24.9 Å². The van der Waals surface area contributed by atoms with E-state index in [9.17, 15) is 9.59 Å². The van der Waals surface area contributed by atoms with E-state index in [1.165, 1.54) is 4.52 Å². The number of hydrogen-bond donors (Lipinski definition) is 0. The number of thiazole rings is 1. The largest absolute Gasteiger partial charge is 0.494 e. The molecule has 4 aromatic rings. The maximum atomic E-state index is 13.1. The van der Waals surface area contributed by atoms with Gasteiger partial charge in [-0.05, 0) is 53.8 Å². The van der Waals surface area contributed by atoms with Crippen LogP contribution in [0.4, 0.5) is 0 Å². The van der Waals surface area contributed by atoms with Crippen LogP contribution >= 0.6 is 11.3 Å². The van der Waals surface area contributed by atoms with Gasteiger partial charge in [0.25, 0.3) is 11.1 Å². The van der Waals surface area contributed by atoms with Gasteiger partial charge >= 0.3 is 0 Å². The van der Waals surface area contributed by atoms with Crippen molar-refractivity contribution in [3.05, 3.63) is 84.5 Å². The summed E-state index contributed by atoms with van der Waals surface area (Å²) in [7, 11) is 1.58. The highest BCUT2D eigenvalue weighted by atomic mass is 32.1. The molecule has 0 radical (unpaired) electrons. The van der Waals surface area contributed by atoms with Gasteiger partial charge in [0.2, 0.25) is 4.96 Å². The minimum Gasteiger partial charge on any atom is -0.494 e. The normalized spacial score (nSPS) is 11.9. The number of methoxy groups -OCH3 is 1. The number of hydrogen-bond acceptors (Lipinski definition) is 8. The van der Waals surface area contributed by atoms with Crippen molar-refractivity contribution in [1.29, 1.82) is 0 Å². The van der Waals surface area contributed by atoms with Crippen LogP contribution in [0.1, 0.15) is 44.0 Å². The highest BCUT2D eigenvalue weighted by Gasteiger charge is 2.13. The van der Waals surface area contributed by atoms with Gasteiger partial charge < -0.3 is 14.2 Å². The smallest absolute Gasteiger partial charge is 0.296 e. The van der Waals surface area contributed by atoms with E-state index in [0.29, 0.717) is 35.2 Å². The Morgan fingerprint density at radius 2 is 1.83 bits per heavy atom. The second kappa shape index (κ2) is 11.3. The minimum absolute atomic E-state index is 0.212. The zero-order chi connectivity index (χ0) is 25.7. The molecule has 0 spiro atoms. The molecule has 0 N–H and O–H groups in total. The number of fused-ring (bicyclic) bond motifs is 1. The van der Waals surface area contributed by atoms with Crippen LogP contribution in [0.2, 0.25) is 0 Å². The van der Waals surface area contributed by atoms with E-state index < -0.39 is 5.56 Å². The van der Waals surface area contributed by atoms with Crippen molar-refractivity contribution in [1.82, 2.24) is 14.6 Å².